The molecule has 1 aliphatic heterocycles. The maximum atomic E-state index is 12.2. The Labute approximate surface area is 125 Å². The first-order valence-corrected chi connectivity index (χ1v) is 8.55. The molecule has 0 aliphatic carbocycles. The monoisotopic (exact) mass is 311 g/mol. The summed E-state index contributed by atoms with van der Waals surface area (Å²) < 4.78 is 26.9. The van der Waals surface area contributed by atoms with Crippen molar-refractivity contribution in [1.82, 2.24) is 4.72 Å². The highest BCUT2D eigenvalue weighted by Crippen LogP contribution is 2.30. The number of carbonyl (C=O) groups is 1. The number of nitrogens with zero attached hydrogens (tertiary/aromatic N) is 1. The van der Waals surface area contributed by atoms with E-state index in [9.17, 15) is 13.2 Å². The fourth-order valence-corrected chi connectivity index (χ4v) is 3.56. The van der Waals surface area contributed by atoms with Gasteiger partial charge in [0.25, 0.3) is 0 Å². The van der Waals surface area contributed by atoms with Crippen molar-refractivity contribution >= 4 is 21.6 Å². The molecule has 0 saturated carbocycles. The summed E-state index contributed by atoms with van der Waals surface area (Å²) >= 11 is 0. The number of carbonyl (C=O) groups excluding carboxylic acids is 1. The van der Waals surface area contributed by atoms with Crippen molar-refractivity contribution < 1.29 is 13.2 Å². The van der Waals surface area contributed by atoms with E-state index in [2.05, 4.69) is 4.72 Å². The molecule has 0 bridgehead atoms. The van der Waals surface area contributed by atoms with Gasteiger partial charge in [-0.25, -0.2) is 13.1 Å². The summed E-state index contributed by atoms with van der Waals surface area (Å²) in [6.45, 7) is 3.06. The molecule has 1 aromatic carbocycles. The molecule has 3 N–H and O–H groups in total. The topological polar surface area (TPSA) is 92.5 Å². The summed E-state index contributed by atoms with van der Waals surface area (Å²) in [5.41, 5.74) is 7.09. The van der Waals surface area contributed by atoms with Crippen LogP contribution in [0.25, 0.3) is 0 Å². The zero-order chi connectivity index (χ0) is 15.5. The first-order valence-electron chi connectivity index (χ1n) is 7.06. The molecule has 7 heteroatoms. The molecule has 1 heterocycles. The van der Waals surface area contributed by atoms with Gasteiger partial charge in [0.05, 0.1) is 4.90 Å². The number of nitrogens with two attached hydrogens (primary N) is 1. The lowest BCUT2D eigenvalue weighted by atomic mass is 10.2. The Bertz CT molecular complexity index is 628. The second-order valence-corrected chi connectivity index (χ2v) is 6.87. The lowest BCUT2D eigenvalue weighted by Gasteiger charge is -2.15. The largest absolute Gasteiger partial charge is 0.330 e. The number of rotatable bonds is 6. The number of fused-ring (bicyclic) bond motifs is 1. The first-order chi connectivity index (χ1) is 9.95. The smallest absolute Gasteiger partial charge is 0.240 e. The Morgan fingerprint density at radius 1 is 1.38 bits per heavy atom. The zero-order valence-electron chi connectivity index (χ0n) is 12.1. The molecule has 2 rings (SSSR count). The van der Waals surface area contributed by atoms with Crippen LogP contribution >= 0.6 is 0 Å². The summed E-state index contributed by atoms with van der Waals surface area (Å²) in [5, 5.41) is 0. The predicted molar refractivity (Wildman–Crippen MR) is 81.6 cm³/mol. The molecule has 0 saturated heterocycles. The molecule has 0 spiro atoms. The van der Waals surface area contributed by atoms with E-state index >= 15 is 0 Å². The highest BCUT2D eigenvalue weighted by molar-refractivity contribution is 7.89. The molecule has 0 fully saturated rings. The van der Waals surface area contributed by atoms with E-state index in [0.717, 1.165) is 24.1 Å². The van der Waals surface area contributed by atoms with Crippen molar-refractivity contribution in [3.05, 3.63) is 23.8 Å². The normalized spacial score (nSPS) is 14.3. The maximum absolute atomic E-state index is 12.2. The van der Waals surface area contributed by atoms with Crippen LogP contribution in [0.5, 0.6) is 0 Å². The van der Waals surface area contributed by atoms with Gasteiger partial charge >= 0.3 is 0 Å². The van der Waals surface area contributed by atoms with Gasteiger partial charge in [0.15, 0.2) is 0 Å². The number of amides is 1. The molecule has 1 aromatic rings. The Hall–Kier alpha value is -1.44. The second kappa shape index (κ2) is 6.55. The number of anilines is 1. The van der Waals surface area contributed by atoms with Gasteiger partial charge in [-0.1, -0.05) is 0 Å². The average Bonchev–Trinajstić information content (AvgIpc) is 2.86. The SMILES string of the molecule is CC(=O)N1CCc2cc(S(=O)(=O)NCCCCN)ccc21. The van der Waals surface area contributed by atoms with Crippen LogP contribution in [0.15, 0.2) is 23.1 Å². The third kappa shape index (κ3) is 3.61. The van der Waals surface area contributed by atoms with Crippen LogP contribution in [-0.4, -0.2) is 34.0 Å². The van der Waals surface area contributed by atoms with E-state index in [1.807, 2.05) is 0 Å². The summed E-state index contributed by atoms with van der Waals surface area (Å²) in [7, 11) is -3.49. The van der Waals surface area contributed by atoms with Gasteiger partial charge in [0.2, 0.25) is 15.9 Å². The molecular weight excluding hydrogens is 290 g/mol. The quantitative estimate of drug-likeness (QED) is 0.753. The zero-order valence-corrected chi connectivity index (χ0v) is 12.9. The van der Waals surface area contributed by atoms with Crippen LogP contribution < -0.4 is 15.4 Å². The Morgan fingerprint density at radius 3 is 2.81 bits per heavy atom. The highest BCUT2D eigenvalue weighted by atomic mass is 32.2. The van der Waals surface area contributed by atoms with E-state index in [4.69, 9.17) is 5.73 Å². The van der Waals surface area contributed by atoms with Crippen molar-refractivity contribution in [3.8, 4) is 0 Å². The number of hydrogen-bond donors (Lipinski definition) is 2. The molecule has 1 aliphatic rings. The third-order valence-electron chi connectivity index (χ3n) is 3.56. The van der Waals surface area contributed by atoms with E-state index in [1.54, 1.807) is 23.1 Å². The molecule has 0 aromatic heterocycles. The minimum absolute atomic E-state index is 0.0238. The van der Waals surface area contributed by atoms with Crippen molar-refractivity contribution in [2.75, 3.05) is 24.5 Å². The summed E-state index contributed by atoms with van der Waals surface area (Å²) in [5.74, 6) is -0.0238. The minimum Gasteiger partial charge on any atom is -0.330 e. The first kappa shape index (κ1) is 15.9. The Balaban J connectivity index is 2.13. The van der Waals surface area contributed by atoms with Crippen molar-refractivity contribution in [1.29, 1.82) is 0 Å². The number of benzene rings is 1. The van der Waals surface area contributed by atoms with Crippen molar-refractivity contribution in [2.45, 2.75) is 31.1 Å². The third-order valence-corrected chi connectivity index (χ3v) is 5.02. The van der Waals surface area contributed by atoms with Crippen molar-refractivity contribution in [2.24, 2.45) is 5.73 Å². The molecule has 0 radical (unpaired) electrons. The average molecular weight is 311 g/mol. The van der Waals surface area contributed by atoms with Gasteiger partial charge in [-0.3, -0.25) is 4.79 Å². The fourth-order valence-electron chi connectivity index (χ4n) is 2.43. The molecular formula is C14H21N3O3S. The molecule has 0 atom stereocenters. The van der Waals surface area contributed by atoms with E-state index in [1.165, 1.54) is 6.92 Å². The van der Waals surface area contributed by atoms with Crippen LogP contribution in [-0.2, 0) is 21.2 Å². The van der Waals surface area contributed by atoms with Crippen LogP contribution in [0.3, 0.4) is 0 Å². The van der Waals surface area contributed by atoms with Gasteiger partial charge in [-0.2, -0.15) is 0 Å². The molecule has 0 unspecified atom stereocenters. The van der Waals surface area contributed by atoms with Gasteiger partial charge < -0.3 is 10.6 Å². The molecule has 6 nitrogen and oxygen atoms in total. The molecule has 21 heavy (non-hydrogen) atoms. The van der Waals surface area contributed by atoms with Crippen LogP contribution in [0.2, 0.25) is 0 Å². The predicted octanol–water partition coefficient (Wildman–Crippen LogP) is 0.613. The maximum Gasteiger partial charge on any atom is 0.240 e. The number of sulfonamides is 1. The van der Waals surface area contributed by atoms with Crippen LogP contribution in [0, 0.1) is 0 Å². The van der Waals surface area contributed by atoms with Gasteiger partial charge in [-0.15, -0.1) is 0 Å². The van der Waals surface area contributed by atoms with E-state index < -0.39 is 10.0 Å². The molecule has 1 amide bonds. The second-order valence-electron chi connectivity index (χ2n) is 5.10. The Morgan fingerprint density at radius 2 is 2.14 bits per heavy atom. The van der Waals surface area contributed by atoms with E-state index in [-0.39, 0.29) is 10.8 Å². The minimum atomic E-state index is -3.49. The number of nitrogens with one attached hydrogen (secondary N) is 1. The van der Waals surface area contributed by atoms with Crippen molar-refractivity contribution in [3.63, 3.8) is 0 Å². The molecule has 116 valence electrons. The van der Waals surface area contributed by atoms with Gasteiger partial charge in [-0.05, 0) is 49.6 Å². The van der Waals surface area contributed by atoms with Crippen LogP contribution in [0.1, 0.15) is 25.3 Å². The Kier molecular flexibility index (Phi) is 4.97. The number of unbranched alkanes of at least 4 members (excludes halogenated alkanes) is 1. The summed E-state index contributed by atoms with van der Waals surface area (Å²) in [6.07, 6.45) is 2.20. The lowest BCUT2D eigenvalue weighted by molar-refractivity contribution is -0.116. The summed E-state index contributed by atoms with van der Waals surface area (Å²) in [4.78, 5) is 13.4. The number of hydrogen-bond acceptors (Lipinski definition) is 4. The lowest BCUT2D eigenvalue weighted by Crippen LogP contribution is -2.26. The fraction of sp³-hybridized carbons (Fsp3) is 0.500. The highest BCUT2D eigenvalue weighted by Gasteiger charge is 2.24. The van der Waals surface area contributed by atoms with Gasteiger partial charge in [0, 0.05) is 25.7 Å². The van der Waals surface area contributed by atoms with Gasteiger partial charge in [0.1, 0.15) is 0 Å². The standard InChI is InChI=1S/C14H21N3O3S/c1-11(18)17-9-6-12-10-13(4-5-14(12)17)21(19,20)16-8-3-2-7-15/h4-5,10,16H,2-3,6-9,15H2,1H3. The summed E-state index contributed by atoms with van der Waals surface area (Å²) in [6, 6.07) is 4.91. The van der Waals surface area contributed by atoms with E-state index in [0.29, 0.717) is 26.1 Å². The van der Waals surface area contributed by atoms with Crippen LogP contribution in [0.4, 0.5) is 5.69 Å².